The van der Waals surface area contributed by atoms with Gasteiger partial charge in [-0.15, -0.1) is 0 Å². The minimum atomic E-state index is -3.07. The van der Waals surface area contributed by atoms with Crippen LogP contribution in [0.5, 0.6) is 5.75 Å². The van der Waals surface area contributed by atoms with Gasteiger partial charge >= 0.3 is 6.61 Å². The quantitative estimate of drug-likeness (QED) is 0.520. The molecular formula is C23H32F2N4O4. The second-order valence-corrected chi connectivity index (χ2v) is 9.09. The van der Waals surface area contributed by atoms with Gasteiger partial charge in [-0.1, -0.05) is 6.42 Å². The van der Waals surface area contributed by atoms with Crippen LogP contribution in [0.2, 0.25) is 0 Å². The van der Waals surface area contributed by atoms with Crippen LogP contribution in [0.1, 0.15) is 32.1 Å². The van der Waals surface area contributed by atoms with E-state index in [-0.39, 0.29) is 42.9 Å². The first-order valence-corrected chi connectivity index (χ1v) is 11.7. The molecule has 1 aliphatic heterocycles. The number of alkyl halides is 2. The highest BCUT2D eigenvalue weighted by molar-refractivity contribution is 5.98. The summed E-state index contributed by atoms with van der Waals surface area (Å²) < 4.78 is 35.9. The van der Waals surface area contributed by atoms with Crippen LogP contribution in [0, 0.1) is 11.8 Å². The fourth-order valence-electron chi connectivity index (χ4n) is 4.39. The molecule has 2 saturated carbocycles. The van der Waals surface area contributed by atoms with E-state index >= 15 is 0 Å². The maximum Gasteiger partial charge on any atom is 0.387 e. The number of hydrogen-bond donors (Lipinski definition) is 2. The van der Waals surface area contributed by atoms with E-state index in [9.17, 15) is 18.4 Å². The Morgan fingerprint density at radius 2 is 1.97 bits per heavy atom. The number of benzene rings is 1. The van der Waals surface area contributed by atoms with Gasteiger partial charge in [-0.05, 0) is 49.7 Å². The van der Waals surface area contributed by atoms with Gasteiger partial charge in [0.05, 0.1) is 12.3 Å². The highest BCUT2D eigenvalue weighted by atomic mass is 19.3. The van der Waals surface area contributed by atoms with Crippen molar-refractivity contribution in [2.75, 3.05) is 49.6 Å². The Hall–Kier alpha value is -2.30. The highest BCUT2D eigenvalue weighted by Crippen LogP contribution is 2.35. The fraction of sp³-hybridized carbons (Fsp3) is 0.652. The molecule has 3 N–H and O–H groups in total. The topological polar surface area (TPSA) is 97.1 Å². The second-order valence-electron chi connectivity index (χ2n) is 9.09. The number of hydrogen-bond acceptors (Lipinski definition) is 6. The van der Waals surface area contributed by atoms with Gasteiger partial charge in [0, 0.05) is 37.9 Å². The zero-order valence-corrected chi connectivity index (χ0v) is 18.7. The van der Waals surface area contributed by atoms with Gasteiger partial charge in [-0.3, -0.25) is 14.5 Å². The lowest BCUT2D eigenvalue weighted by atomic mass is 9.84. The van der Waals surface area contributed by atoms with Crippen molar-refractivity contribution < 1.29 is 27.8 Å². The van der Waals surface area contributed by atoms with Crippen molar-refractivity contribution in [1.29, 1.82) is 0 Å². The van der Waals surface area contributed by atoms with Gasteiger partial charge < -0.3 is 25.4 Å². The van der Waals surface area contributed by atoms with Crippen LogP contribution in [0.3, 0.4) is 0 Å². The number of halogens is 2. The summed E-state index contributed by atoms with van der Waals surface area (Å²) in [5.74, 6) is 0.430. The van der Waals surface area contributed by atoms with E-state index in [0.29, 0.717) is 24.1 Å². The third-order valence-corrected chi connectivity index (χ3v) is 6.59. The van der Waals surface area contributed by atoms with Crippen molar-refractivity contribution in [3.05, 3.63) is 18.2 Å². The minimum Gasteiger partial charge on any atom is -0.433 e. The molecule has 10 heteroatoms. The number of nitrogens with zero attached hydrogens (tertiary/aromatic N) is 2. The Morgan fingerprint density at radius 3 is 2.55 bits per heavy atom. The third-order valence-electron chi connectivity index (χ3n) is 6.59. The molecule has 8 nitrogen and oxygen atoms in total. The second kappa shape index (κ2) is 10.8. The summed E-state index contributed by atoms with van der Waals surface area (Å²) in [7, 11) is 0. The minimum absolute atomic E-state index is 0.122. The molecule has 1 saturated heterocycles. The smallest absolute Gasteiger partial charge is 0.387 e. The first-order chi connectivity index (χ1) is 15.9. The molecule has 1 aromatic carbocycles. The number of morpholine rings is 1. The van der Waals surface area contributed by atoms with Crippen molar-refractivity contribution in [2.45, 2.75) is 44.8 Å². The predicted octanol–water partition coefficient (Wildman–Crippen LogP) is 2.43. The maximum atomic E-state index is 13.1. The molecule has 3 aliphatic rings. The zero-order valence-electron chi connectivity index (χ0n) is 18.7. The normalized spacial score (nSPS) is 20.2. The first kappa shape index (κ1) is 23.8. The molecule has 4 rings (SSSR count). The number of carbonyl (C=O) groups is 2. The fourth-order valence-corrected chi connectivity index (χ4v) is 4.39. The number of amides is 2. The standard InChI is InChI=1S/C23H32F2N4O4/c24-23(25)33-20-10-17(6-7-18(20)29-8-9-32-14-21(29)30)27-22(31)19(11-26)28(13-16-4-5-16)12-15-2-1-3-15/h6-7,10,15-16,19,23H,1-5,8-9,11-14,26H2,(H,27,31)/t19-/m1/s1. The summed E-state index contributed by atoms with van der Waals surface area (Å²) in [6, 6.07) is 3.92. The van der Waals surface area contributed by atoms with Crippen LogP contribution in [0.15, 0.2) is 18.2 Å². The lowest BCUT2D eigenvalue weighted by molar-refractivity contribution is -0.126. The lowest BCUT2D eigenvalue weighted by Gasteiger charge is -2.36. The number of anilines is 2. The average Bonchev–Trinajstić information content (AvgIpc) is 3.55. The first-order valence-electron chi connectivity index (χ1n) is 11.7. The molecule has 2 aliphatic carbocycles. The van der Waals surface area contributed by atoms with Gasteiger partial charge in [-0.2, -0.15) is 8.78 Å². The molecule has 0 bridgehead atoms. The molecule has 1 atom stereocenters. The monoisotopic (exact) mass is 466 g/mol. The predicted molar refractivity (Wildman–Crippen MR) is 119 cm³/mol. The van der Waals surface area contributed by atoms with Crippen molar-refractivity contribution >= 4 is 23.2 Å². The van der Waals surface area contributed by atoms with E-state index < -0.39 is 12.7 Å². The van der Waals surface area contributed by atoms with E-state index in [4.69, 9.17) is 10.5 Å². The molecule has 2 amide bonds. The van der Waals surface area contributed by atoms with E-state index in [1.165, 1.54) is 49.1 Å². The summed E-state index contributed by atoms with van der Waals surface area (Å²) in [4.78, 5) is 28.9. The number of carbonyl (C=O) groups excluding carboxylic acids is 2. The summed E-state index contributed by atoms with van der Waals surface area (Å²) in [5, 5.41) is 2.82. The molecule has 0 spiro atoms. The number of nitrogens with two attached hydrogens (primary N) is 1. The molecule has 1 aromatic rings. The Balaban J connectivity index is 1.49. The van der Waals surface area contributed by atoms with Crippen LogP contribution in [0.4, 0.5) is 20.2 Å². The zero-order chi connectivity index (χ0) is 23.4. The van der Waals surface area contributed by atoms with Crippen molar-refractivity contribution in [3.63, 3.8) is 0 Å². The van der Waals surface area contributed by atoms with Crippen LogP contribution in [-0.4, -0.2) is 68.8 Å². The Labute approximate surface area is 192 Å². The van der Waals surface area contributed by atoms with Gasteiger partial charge in [0.15, 0.2) is 5.75 Å². The largest absolute Gasteiger partial charge is 0.433 e. The Morgan fingerprint density at radius 1 is 1.24 bits per heavy atom. The number of nitrogens with one attached hydrogen (secondary N) is 1. The van der Waals surface area contributed by atoms with Crippen LogP contribution < -0.4 is 20.7 Å². The molecule has 0 aromatic heterocycles. The summed E-state index contributed by atoms with van der Waals surface area (Å²) in [5.41, 5.74) is 6.54. The molecule has 33 heavy (non-hydrogen) atoms. The van der Waals surface area contributed by atoms with E-state index in [2.05, 4.69) is 15.0 Å². The number of rotatable bonds is 11. The van der Waals surface area contributed by atoms with Gasteiger partial charge in [0.25, 0.3) is 5.91 Å². The van der Waals surface area contributed by atoms with E-state index in [0.717, 1.165) is 13.1 Å². The SMILES string of the molecule is NC[C@H](C(=O)Nc1ccc(N2CCOCC2=O)c(OC(F)F)c1)N(CC1CCC1)CC1CC1. The molecule has 0 radical (unpaired) electrons. The van der Waals surface area contributed by atoms with Crippen LogP contribution >= 0.6 is 0 Å². The molecule has 182 valence electrons. The molecule has 0 unspecified atom stereocenters. The molecule has 1 heterocycles. The van der Waals surface area contributed by atoms with Crippen LogP contribution in [-0.2, 0) is 14.3 Å². The van der Waals surface area contributed by atoms with E-state index in [1.807, 2.05) is 0 Å². The third kappa shape index (κ3) is 6.18. The van der Waals surface area contributed by atoms with Gasteiger partial charge in [0.1, 0.15) is 12.6 Å². The van der Waals surface area contributed by atoms with Crippen molar-refractivity contribution in [2.24, 2.45) is 17.6 Å². The molecular weight excluding hydrogens is 434 g/mol. The summed E-state index contributed by atoms with van der Waals surface area (Å²) in [6.45, 7) is -0.786. The average molecular weight is 467 g/mol. The van der Waals surface area contributed by atoms with E-state index in [1.54, 1.807) is 6.07 Å². The maximum absolute atomic E-state index is 13.1. The lowest BCUT2D eigenvalue weighted by Crippen LogP contribution is -2.51. The summed E-state index contributed by atoms with van der Waals surface area (Å²) >= 11 is 0. The summed E-state index contributed by atoms with van der Waals surface area (Å²) in [6.07, 6.45) is 5.94. The Bertz CT molecular complexity index is 848. The highest BCUT2D eigenvalue weighted by Gasteiger charge is 2.34. The Kier molecular flexibility index (Phi) is 7.77. The van der Waals surface area contributed by atoms with Crippen molar-refractivity contribution in [3.8, 4) is 5.75 Å². The van der Waals surface area contributed by atoms with Crippen molar-refractivity contribution in [1.82, 2.24) is 4.90 Å². The molecule has 3 fully saturated rings. The number of ether oxygens (including phenoxy) is 2. The van der Waals surface area contributed by atoms with Gasteiger partial charge in [-0.25, -0.2) is 0 Å². The van der Waals surface area contributed by atoms with Crippen LogP contribution in [0.25, 0.3) is 0 Å². The van der Waals surface area contributed by atoms with Gasteiger partial charge in [0.2, 0.25) is 5.91 Å².